The minimum Gasteiger partial charge on any atom is -0.506 e. The summed E-state index contributed by atoms with van der Waals surface area (Å²) in [5.74, 6) is 1.60. The maximum absolute atomic E-state index is 13.3. The van der Waals surface area contributed by atoms with Gasteiger partial charge in [-0.05, 0) is 37.0 Å². The molecular weight excluding hydrogens is 456 g/mol. The third-order valence-electron chi connectivity index (χ3n) is 6.26. The van der Waals surface area contributed by atoms with Crippen LogP contribution in [0.15, 0.2) is 57.7 Å². The van der Waals surface area contributed by atoms with Gasteiger partial charge in [0.05, 0.1) is 31.0 Å². The highest BCUT2D eigenvalue weighted by Crippen LogP contribution is 2.46. The fourth-order valence-corrected chi connectivity index (χ4v) is 4.43. The molecule has 0 fully saturated rings. The van der Waals surface area contributed by atoms with E-state index in [2.05, 4.69) is 16.9 Å². The number of oxazole rings is 1. The topological polar surface area (TPSA) is 97.6 Å². The molecule has 36 heavy (non-hydrogen) atoms. The quantitative estimate of drug-likeness (QED) is 0.288. The van der Waals surface area contributed by atoms with Crippen molar-refractivity contribution in [1.29, 1.82) is 0 Å². The second-order valence-corrected chi connectivity index (χ2v) is 8.58. The molecule has 2 heterocycles. The largest absolute Gasteiger partial charge is 0.506 e. The van der Waals surface area contributed by atoms with E-state index in [4.69, 9.17) is 13.9 Å². The van der Waals surface area contributed by atoms with Gasteiger partial charge in [-0.25, -0.2) is 4.98 Å². The molecule has 0 aliphatic carbocycles. The number of nitrogens with one attached hydrogen (secondary N) is 1. The fraction of sp³-hybridized carbons (Fsp3) is 0.310. The van der Waals surface area contributed by atoms with Gasteiger partial charge in [0.1, 0.15) is 28.6 Å². The van der Waals surface area contributed by atoms with Crippen molar-refractivity contribution in [3.63, 3.8) is 0 Å². The number of unbranched alkanes of at least 4 members (excludes halogenated alkanes) is 1. The van der Waals surface area contributed by atoms with E-state index < -0.39 is 5.56 Å². The number of hydrogen-bond acceptors (Lipinski definition) is 6. The van der Waals surface area contributed by atoms with Crippen molar-refractivity contribution in [2.45, 2.75) is 46.0 Å². The van der Waals surface area contributed by atoms with E-state index in [-0.39, 0.29) is 17.2 Å². The molecular formula is C29H32N2O5. The maximum atomic E-state index is 13.3. The highest BCUT2D eigenvalue weighted by molar-refractivity contribution is 5.87. The van der Waals surface area contributed by atoms with Crippen LogP contribution in [0.1, 0.15) is 49.4 Å². The molecule has 4 aromatic rings. The average Bonchev–Trinajstić information content (AvgIpc) is 3.29. The minimum atomic E-state index is -0.452. The highest BCUT2D eigenvalue weighted by atomic mass is 16.5. The van der Waals surface area contributed by atoms with Gasteiger partial charge in [-0.15, -0.1) is 0 Å². The Bertz CT molecular complexity index is 1370. The van der Waals surface area contributed by atoms with Crippen LogP contribution in [-0.2, 0) is 19.3 Å². The molecule has 2 N–H and O–H groups in total. The molecule has 0 aliphatic heterocycles. The average molecular weight is 489 g/mol. The summed E-state index contributed by atoms with van der Waals surface area (Å²) in [7, 11) is 3.12. The van der Waals surface area contributed by atoms with Crippen molar-refractivity contribution >= 4 is 0 Å². The standard InChI is InChI=1S/C29H32N2O5/c1-5-7-14-20-24(25-21(34-3)15-11-16-22(25)35-4)27(32)26(28(33)30-20)29-31-19(6-2)23(36-29)17-18-12-9-8-10-13-18/h8-13,15-16H,5-7,14,17H2,1-4H3,(H2,30,32,33). The molecule has 7 nitrogen and oxygen atoms in total. The van der Waals surface area contributed by atoms with E-state index in [1.165, 1.54) is 0 Å². The second kappa shape index (κ2) is 11.2. The first-order valence-corrected chi connectivity index (χ1v) is 12.2. The molecule has 0 spiro atoms. The predicted octanol–water partition coefficient (Wildman–Crippen LogP) is 5.92. The second-order valence-electron chi connectivity index (χ2n) is 8.58. The Labute approximate surface area is 210 Å². The van der Waals surface area contributed by atoms with Crippen molar-refractivity contribution in [1.82, 2.24) is 9.97 Å². The number of aromatic nitrogens is 2. The molecule has 0 saturated carbocycles. The molecule has 0 bridgehead atoms. The Kier molecular flexibility index (Phi) is 7.78. The zero-order valence-electron chi connectivity index (χ0n) is 21.2. The number of hydrogen-bond donors (Lipinski definition) is 2. The number of rotatable bonds is 10. The first-order chi connectivity index (χ1) is 17.5. The SMILES string of the molecule is CCCCc1[nH]c(=O)c(-c2nc(CC)c(Cc3ccccc3)o2)c(O)c1-c1c(OC)cccc1OC. The van der Waals surface area contributed by atoms with Crippen molar-refractivity contribution in [2.75, 3.05) is 14.2 Å². The van der Waals surface area contributed by atoms with E-state index in [9.17, 15) is 9.90 Å². The monoisotopic (exact) mass is 488 g/mol. The summed E-state index contributed by atoms with van der Waals surface area (Å²) in [4.78, 5) is 20.9. The van der Waals surface area contributed by atoms with Gasteiger partial charge in [0.25, 0.3) is 5.56 Å². The molecule has 2 aromatic carbocycles. The van der Waals surface area contributed by atoms with Gasteiger partial charge in [0, 0.05) is 12.1 Å². The van der Waals surface area contributed by atoms with Crippen LogP contribution in [0.5, 0.6) is 17.2 Å². The van der Waals surface area contributed by atoms with Gasteiger partial charge >= 0.3 is 0 Å². The number of pyridine rings is 1. The normalized spacial score (nSPS) is 11.0. The van der Waals surface area contributed by atoms with Gasteiger partial charge in [-0.3, -0.25) is 4.79 Å². The number of aromatic amines is 1. The van der Waals surface area contributed by atoms with Gasteiger partial charge in [-0.2, -0.15) is 0 Å². The maximum Gasteiger partial charge on any atom is 0.264 e. The number of aryl methyl sites for hydroxylation is 2. The molecule has 0 radical (unpaired) electrons. The number of H-pyrrole nitrogens is 1. The van der Waals surface area contributed by atoms with E-state index >= 15 is 0 Å². The summed E-state index contributed by atoms with van der Waals surface area (Å²) >= 11 is 0. The molecule has 188 valence electrons. The Morgan fingerprint density at radius 3 is 2.25 bits per heavy atom. The summed E-state index contributed by atoms with van der Waals surface area (Å²) in [6.45, 7) is 4.06. The van der Waals surface area contributed by atoms with Crippen LogP contribution in [0.3, 0.4) is 0 Å². The Morgan fingerprint density at radius 2 is 1.64 bits per heavy atom. The summed E-state index contributed by atoms with van der Waals surface area (Å²) < 4.78 is 17.4. The molecule has 0 aliphatic rings. The minimum absolute atomic E-state index is 0.00720. The zero-order chi connectivity index (χ0) is 25.7. The molecule has 7 heteroatoms. The third kappa shape index (κ3) is 4.87. The Balaban J connectivity index is 1.94. The van der Waals surface area contributed by atoms with Gasteiger partial charge in [0.15, 0.2) is 0 Å². The smallest absolute Gasteiger partial charge is 0.264 e. The number of methoxy groups -OCH3 is 2. The van der Waals surface area contributed by atoms with Crippen LogP contribution in [0, 0.1) is 0 Å². The number of aromatic hydroxyl groups is 1. The lowest BCUT2D eigenvalue weighted by molar-refractivity contribution is 0.396. The molecule has 0 atom stereocenters. The van der Waals surface area contributed by atoms with Crippen molar-refractivity contribution in [3.8, 4) is 39.8 Å². The Morgan fingerprint density at radius 1 is 0.944 bits per heavy atom. The molecule has 0 unspecified atom stereocenters. The highest BCUT2D eigenvalue weighted by Gasteiger charge is 2.28. The van der Waals surface area contributed by atoms with Crippen LogP contribution in [-0.4, -0.2) is 29.3 Å². The fourth-order valence-electron chi connectivity index (χ4n) is 4.43. The van der Waals surface area contributed by atoms with E-state index in [0.29, 0.717) is 53.3 Å². The lowest BCUT2D eigenvalue weighted by Crippen LogP contribution is -2.14. The Hall–Kier alpha value is -4.00. The van der Waals surface area contributed by atoms with Crippen molar-refractivity contribution in [3.05, 3.63) is 81.6 Å². The molecule has 4 rings (SSSR count). The zero-order valence-corrected chi connectivity index (χ0v) is 21.2. The third-order valence-corrected chi connectivity index (χ3v) is 6.26. The number of nitrogens with zero attached hydrogens (tertiary/aromatic N) is 1. The lowest BCUT2D eigenvalue weighted by Gasteiger charge is -2.18. The number of benzene rings is 2. The number of ether oxygens (including phenoxy) is 2. The van der Waals surface area contributed by atoms with Crippen LogP contribution >= 0.6 is 0 Å². The van der Waals surface area contributed by atoms with Crippen LogP contribution in [0.2, 0.25) is 0 Å². The van der Waals surface area contributed by atoms with Crippen LogP contribution in [0.4, 0.5) is 0 Å². The molecule has 0 amide bonds. The molecule has 0 saturated heterocycles. The van der Waals surface area contributed by atoms with Crippen molar-refractivity contribution < 1.29 is 19.0 Å². The summed E-state index contributed by atoms with van der Waals surface area (Å²) in [6, 6.07) is 15.3. The first kappa shape index (κ1) is 25.1. The van der Waals surface area contributed by atoms with Crippen molar-refractivity contribution in [2.24, 2.45) is 0 Å². The summed E-state index contributed by atoms with van der Waals surface area (Å²) in [5, 5.41) is 11.6. The van der Waals surface area contributed by atoms with Crippen LogP contribution in [0.25, 0.3) is 22.6 Å². The predicted molar refractivity (Wildman–Crippen MR) is 140 cm³/mol. The van der Waals surface area contributed by atoms with Gasteiger partial charge in [0.2, 0.25) is 5.89 Å². The van der Waals surface area contributed by atoms with E-state index in [1.807, 2.05) is 43.3 Å². The summed E-state index contributed by atoms with van der Waals surface area (Å²) in [6.07, 6.45) is 3.50. The summed E-state index contributed by atoms with van der Waals surface area (Å²) in [5.41, 5.74) is 2.99. The van der Waals surface area contributed by atoms with E-state index in [0.717, 1.165) is 24.1 Å². The van der Waals surface area contributed by atoms with E-state index in [1.54, 1.807) is 26.4 Å². The first-order valence-electron chi connectivity index (χ1n) is 12.2. The van der Waals surface area contributed by atoms with Crippen LogP contribution < -0.4 is 15.0 Å². The molecule has 2 aromatic heterocycles. The van der Waals surface area contributed by atoms with Gasteiger partial charge < -0.3 is 24.0 Å². The van der Waals surface area contributed by atoms with Gasteiger partial charge in [-0.1, -0.05) is 56.7 Å². The lowest BCUT2D eigenvalue weighted by atomic mass is 9.96.